The molecule has 0 saturated carbocycles. The van der Waals surface area contributed by atoms with Gasteiger partial charge in [0.05, 0.1) is 6.61 Å². The normalized spacial score (nSPS) is 11.4. The molecule has 0 unspecified atom stereocenters. The molecule has 0 aliphatic carbocycles. The summed E-state index contributed by atoms with van der Waals surface area (Å²) in [6, 6.07) is 3.66. The molecule has 1 aromatic heterocycles. The van der Waals surface area contributed by atoms with Crippen molar-refractivity contribution in [2.75, 3.05) is 12.3 Å². The van der Waals surface area contributed by atoms with Crippen LogP contribution in [0, 0.1) is 5.41 Å². The first kappa shape index (κ1) is 10.8. The van der Waals surface area contributed by atoms with Gasteiger partial charge in [0.1, 0.15) is 0 Å². The van der Waals surface area contributed by atoms with Crippen LogP contribution < -0.4 is 10.5 Å². The minimum absolute atomic E-state index is 0.289. The Kier molecular flexibility index (Phi) is 3.33. The van der Waals surface area contributed by atoms with Gasteiger partial charge in [0.15, 0.2) is 11.6 Å². The van der Waals surface area contributed by atoms with Gasteiger partial charge < -0.3 is 10.5 Å². The molecule has 0 spiro atoms. The van der Waals surface area contributed by atoms with Crippen molar-refractivity contribution in [1.29, 1.82) is 0 Å². The first-order valence-electron chi connectivity index (χ1n) is 4.82. The highest BCUT2D eigenvalue weighted by Crippen LogP contribution is 2.21. The lowest BCUT2D eigenvalue weighted by Crippen LogP contribution is -2.11. The number of pyridine rings is 1. The van der Waals surface area contributed by atoms with E-state index in [1.807, 2.05) is 12.1 Å². The Morgan fingerprint density at radius 2 is 2.14 bits per heavy atom. The zero-order chi connectivity index (χ0) is 10.6. The molecule has 0 aromatic carbocycles. The van der Waals surface area contributed by atoms with Gasteiger partial charge in [-0.15, -0.1) is 0 Å². The summed E-state index contributed by atoms with van der Waals surface area (Å²) in [5, 5.41) is 0. The van der Waals surface area contributed by atoms with Crippen LogP contribution in [0.2, 0.25) is 0 Å². The van der Waals surface area contributed by atoms with Crippen LogP contribution in [0.1, 0.15) is 27.2 Å². The second-order valence-corrected chi connectivity index (χ2v) is 4.55. The van der Waals surface area contributed by atoms with Crippen LogP contribution in [0.4, 0.5) is 5.82 Å². The highest BCUT2D eigenvalue weighted by molar-refractivity contribution is 5.44. The fraction of sp³-hybridized carbons (Fsp3) is 0.545. The standard InChI is InChI=1S/C11H18N2O/c1-11(2,3)6-8-14-9-5-4-7-13-10(9)12/h4-5,7H,6,8H2,1-3H3,(H2,12,13). The maximum absolute atomic E-state index is 5.63. The summed E-state index contributed by atoms with van der Waals surface area (Å²) >= 11 is 0. The summed E-state index contributed by atoms with van der Waals surface area (Å²) in [6.07, 6.45) is 2.66. The van der Waals surface area contributed by atoms with E-state index in [9.17, 15) is 0 Å². The first-order chi connectivity index (χ1) is 6.49. The molecule has 78 valence electrons. The summed E-state index contributed by atoms with van der Waals surface area (Å²) in [5.41, 5.74) is 5.92. The third-order valence-electron chi connectivity index (χ3n) is 1.91. The SMILES string of the molecule is CC(C)(C)CCOc1cccnc1N. The molecule has 1 aromatic rings. The Morgan fingerprint density at radius 3 is 2.71 bits per heavy atom. The van der Waals surface area contributed by atoms with Crippen molar-refractivity contribution in [3.63, 3.8) is 0 Å². The Hall–Kier alpha value is -1.25. The molecule has 1 rings (SSSR count). The Bertz CT molecular complexity index is 292. The smallest absolute Gasteiger partial charge is 0.166 e. The van der Waals surface area contributed by atoms with Gasteiger partial charge in [-0.25, -0.2) is 4.98 Å². The Labute approximate surface area is 85.3 Å². The van der Waals surface area contributed by atoms with Crippen LogP contribution in [0.5, 0.6) is 5.75 Å². The Balaban J connectivity index is 2.43. The average molecular weight is 194 g/mol. The maximum Gasteiger partial charge on any atom is 0.166 e. The molecule has 0 atom stereocenters. The van der Waals surface area contributed by atoms with Crippen LogP contribution in [-0.4, -0.2) is 11.6 Å². The highest BCUT2D eigenvalue weighted by Gasteiger charge is 2.10. The molecular formula is C11H18N2O. The van der Waals surface area contributed by atoms with Crippen molar-refractivity contribution in [3.8, 4) is 5.75 Å². The summed E-state index contributed by atoms with van der Waals surface area (Å²) in [7, 11) is 0. The molecule has 2 N–H and O–H groups in total. The molecular weight excluding hydrogens is 176 g/mol. The lowest BCUT2D eigenvalue weighted by molar-refractivity contribution is 0.243. The molecule has 0 bridgehead atoms. The van der Waals surface area contributed by atoms with Crippen molar-refractivity contribution >= 4 is 5.82 Å². The van der Waals surface area contributed by atoms with Crippen molar-refractivity contribution in [2.45, 2.75) is 27.2 Å². The first-order valence-corrected chi connectivity index (χ1v) is 4.82. The number of nitrogen functional groups attached to an aromatic ring is 1. The van der Waals surface area contributed by atoms with Crippen molar-refractivity contribution in [2.24, 2.45) is 5.41 Å². The average Bonchev–Trinajstić information content (AvgIpc) is 2.06. The van der Waals surface area contributed by atoms with E-state index in [0.29, 0.717) is 18.2 Å². The molecule has 0 aliphatic heterocycles. The number of nitrogens with two attached hydrogens (primary N) is 1. The molecule has 0 radical (unpaired) electrons. The molecule has 3 nitrogen and oxygen atoms in total. The summed E-state index contributed by atoms with van der Waals surface area (Å²) in [4.78, 5) is 3.95. The highest BCUT2D eigenvalue weighted by atomic mass is 16.5. The zero-order valence-corrected chi connectivity index (χ0v) is 9.08. The molecule has 1 heterocycles. The topological polar surface area (TPSA) is 48.1 Å². The zero-order valence-electron chi connectivity index (χ0n) is 9.08. The van der Waals surface area contributed by atoms with E-state index in [2.05, 4.69) is 25.8 Å². The van der Waals surface area contributed by atoms with E-state index < -0.39 is 0 Å². The van der Waals surface area contributed by atoms with Crippen LogP contribution >= 0.6 is 0 Å². The van der Waals surface area contributed by atoms with Gasteiger partial charge in [0.25, 0.3) is 0 Å². The summed E-state index contributed by atoms with van der Waals surface area (Å²) in [5.74, 6) is 1.14. The molecule has 0 amide bonds. The van der Waals surface area contributed by atoms with Gasteiger partial charge in [-0.2, -0.15) is 0 Å². The predicted molar refractivity (Wildman–Crippen MR) is 58.2 cm³/mol. The van der Waals surface area contributed by atoms with Crippen LogP contribution in [0.3, 0.4) is 0 Å². The Morgan fingerprint density at radius 1 is 1.43 bits per heavy atom. The quantitative estimate of drug-likeness (QED) is 0.804. The molecule has 0 aliphatic rings. The molecule has 0 fully saturated rings. The second kappa shape index (κ2) is 4.31. The van der Waals surface area contributed by atoms with E-state index in [0.717, 1.165) is 6.42 Å². The molecule has 3 heteroatoms. The van der Waals surface area contributed by atoms with Crippen LogP contribution in [-0.2, 0) is 0 Å². The fourth-order valence-corrected chi connectivity index (χ4v) is 0.992. The number of ether oxygens (including phenoxy) is 1. The third kappa shape index (κ3) is 3.64. The largest absolute Gasteiger partial charge is 0.490 e. The van der Waals surface area contributed by atoms with E-state index in [1.165, 1.54) is 0 Å². The number of hydrogen-bond donors (Lipinski definition) is 1. The van der Waals surface area contributed by atoms with Crippen molar-refractivity contribution in [3.05, 3.63) is 18.3 Å². The third-order valence-corrected chi connectivity index (χ3v) is 1.91. The van der Waals surface area contributed by atoms with Crippen molar-refractivity contribution in [1.82, 2.24) is 4.98 Å². The van der Waals surface area contributed by atoms with E-state index in [1.54, 1.807) is 6.20 Å². The molecule has 14 heavy (non-hydrogen) atoms. The lowest BCUT2D eigenvalue weighted by atomic mass is 9.93. The van der Waals surface area contributed by atoms with Gasteiger partial charge in [-0.05, 0) is 24.0 Å². The van der Waals surface area contributed by atoms with Gasteiger partial charge >= 0.3 is 0 Å². The van der Waals surface area contributed by atoms with E-state index >= 15 is 0 Å². The number of nitrogens with zero attached hydrogens (tertiary/aromatic N) is 1. The van der Waals surface area contributed by atoms with Gasteiger partial charge in [-0.3, -0.25) is 0 Å². The number of anilines is 1. The van der Waals surface area contributed by atoms with E-state index in [4.69, 9.17) is 10.5 Å². The van der Waals surface area contributed by atoms with Gasteiger partial charge in [0.2, 0.25) is 0 Å². The summed E-state index contributed by atoms with van der Waals surface area (Å²) < 4.78 is 5.53. The number of rotatable bonds is 3. The predicted octanol–water partition coefficient (Wildman–Crippen LogP) is 2.48. The van der Waals surface area contributed by atoms with E-state index in [-0.39, 0.29) is 5.41 Å². The number of aromatic nitrogens is 1. The lowest BCUT2D eigenvalue weighted by Gasteiger charge is -2.18. The number of hydrogen-bond acceptors (Lipinski definition) is 3. The summed E-state index contributed by atoms with van der Waals surface area (Å²) in [6.45, 7) is 7.23. The minimum atomic E-state index is 0.289. The van der Waals surface area contributed by atoms with Crippen molar-refractivity contribution < 1.29 is 4.74 Å². The van der Waals surface area contributed by atoms with Crippen LogP contribution in [0.15, 0.2) is 18.3 Å². The van der Waals surface area contributed by atoms with Crippen LogP contribution in [0.25, 0.3) is 0 Å². The molecule has 0 saturated heterocycles. The second-order valence-electron chi connectivity index (χ2n) is 4.55. The van der Waals surface area contributed by atoms with Gasteiger partial charge in [0, 0.05) is 6.20 Å². The fourth-order valence-electron chi connectivity index (χ4n) is 0.992. The van der Waals surface area contributed by atoms with Gasteiger partial charge in [-0.1, -0.05) is 20.8 Å². The maximum atomic E-state index is 5.63. The monoisotopic (exact) mass is 194 g/mol. The minimum Gasteiger partial charge on any atom is -0.490 e.